The molecular formula is C20H19N5O4S. The molecule has 1 saturated heterocycles. The molecule has 3 aromatic heterocycles. The van der Waals surface area contributed by atoms with Crippen LogP contribution in [0.2, 0.25) is 0 Å². The molecule has 0 atom stereocenters. The molecule has 30 heavy (non-hydrogen) atoms. The third kappa shape index (κ3) is 4.21. The van der Waals surface area contributed by atoms with Gasteiger partial charge in [-0.3, -0.25) is 9.59 Å². The molecule has 1 N–H and O–H groups in total. The van der Waals surface area contributed by atoms with Gasteiger partial charge in [-0.2, -0.15) is 21.6 Å². The number of carbonyl (C=O) groups is 2. The summed E-state index contributed by atoms with van der Waals surface area (Å²) in [4.78, 5) is 32.2. The molecule has 0 aromatic carbocycles. The Balaban J connectivity index is 1.29. The van der Waals surface area contributed by atoms with Gasteiger partial charge >= 0.3 is 0 Å². The minimum atomic E-state index is -0.171. The molecule has 4 rings (SSSR count). The molecule has 154 valence electrons. The second-order valence-electron chi connectivity index (χ2n) is 6.65. The number of aromatic nitrogens is 1. The van der Waals surface area contributed by atoms with Gasteiger partial charge in [0.1, 0.15) is 6.07 Å². The molecule has 0 radical (unpaired) electrons. The highest BCUT2D eigenvalue weighted by Crippen LogP contribution is 2.29. The Hall–Kier alpha value is -3.58. The highest BCUT2D eigenvalue weighted by molar-refractivity contribution is 7.08. The van der Waals surface area contributed by atoms with Crippen LogP contribution in [0.15, 0.2) is 44.1 Å². The van der Waals surface area contributed by atoms with Gasteiger partial charge in [0.05, 0.1) is 6.26 Å². The first-order chi connectivity index (χ1) is 14.7. The summed E-state index contributed by atoms with van der Waals surface area (Å²) >= 11 is 1.45. The van der Waals surface area contributed by atoms with E-state index in [0.717, 1.165) is 0 Å². The van der Waals surface area contributed by atoms with E-state index in [1.54, 1.807) is 28.5 Å². The van der Waals surface area contributed by atoms with Crippen LogP contribution in [0.5, 0.6) is 0 Å². The van der Waals surface area contributed by atoms with Crippen LogP contribution in [0.4, 0.5) is 5.88 Å². The summed E-state index contributed by atoms with van der Waals surface area (Å²) in [5.74, 6) is 0.909. The molecule has 1 fully saturated rings. The fourth-order valence-electron chi connectivity index (χ4n) is 3.20. The SMILES string of the molecule is N#Cc1nc(-c2ccco2)oc1N1CCN(C(=O)CCNC(=O)c2ccsc2)CC1. The third-order valence-corrected chi connectivity index (χ3v) is 5.46. The van der Waals surface area contributed by atoms with Gasteiger partial charge in [-0.15, -0.1) is 0 Å². The molecule has 10 heteroatoms. The Bertz CT molecular complexity index is 1040. The van der Waals surface area contributed by atoms with Gasteiger partial charge in [0.25, 0.3) is 11.8 Å². The first-order valence-electron chi connectivity index (χ1n) is 9.43. The lowest BCUT2D eigenvalue weighted by Gasteiger charge is -2.34. The summed E-state index contributed by atoms with van der Waals surface area (Å²) in [6.07, 6.45) is 1.75. The van der Waals surface area contributed by atoms with Gasteiger partial charge in [0.2, 0.25) is 17.5 Å². The van der Waals surface area contributed by atoms with Crippen molar-refractivity contribution in [3.63, 3.8) is 0 Å². The number of hydrogen-bond donors (Lipinski definition) is 1. The second-order valence-corrected chi connectivity index (χ2v) is 7.43. The van der Waals surface area contributed by atoms with Crippen LogP contribution in [0.1, 0.15) is 22.5 Å². The van der Waals surface area contributed by atoms with Crippen molar-refractivity contribution in [2.75, 3.05) is 37.6 Å². The lowest BCUT2D eigenvalue weighted by Crippen LogP contribution is -2.49. The Morgan fingerprint density at radius 2 is 2.10 bits per heavy atom. The summed E-state index contributed by atoms with van der Waals surface area (Å²) in [6.45, 7) is 2.34. The van der Waals surface area contributed by atoms with E-state index < -0.39 is 0 Å². The summed E-state index contributed by atoms with van der Waals surface area (Å²) < 4.78 is 11.0. The topological polar surface area (TPSA) is 116 Å². The number of thiophene rings is 1. The standard InChI is InChI=1S/C20H19N5O4S/c21-12-15-20(29-19(23-15)16-2-1-10-28-16)25-8-6-24(7-9-25)17(26)3-5-22-18(27)14-4-11-30-13-14/h1-2,4,10-11,13H,3,5-9H2,(H,22,27). The molecule has 0 bridgehead atoms. The minimum Gasteiger partial charge on any atom is -0.459 e. The number of anilines is 1. The maximum atomic E-state index is 12.4. The van der Waals surface area contributed by atoms with Crippen LogP contribution >= 0.6 is 11.3 Å². The Labute approximate surface area is 176 Å². The predicted octanol–water partition coefficient (Wildman–Crippen LogP) is 2.34. The zero-order valence-electron chi connectivity index (χ0n) is 16.0. The fraction of sp³-hybridized carbons (Fsp3) is 0.300. The predicted molar refractivity (Wildman–Crippen MR) is 109 cm³/mol. The van der Waals surface area contributed by atoms with Crippen molar-refractivity contribution >= 4 is 29.0 Å². The van der Waals surface area contributed by atoms with Crippen LogP contribution in [0.3, 0.4) is 0 Å². The lowest BCUT2D eigenvalue weighted by molar-refractivity contribution is -0.131. The average molecular weight is 425 g/mol. The molecule has 1 aliphatic heterocycles. The van der Waals surface area contributed by atoms with Gasteiger partial charge in [0, 0.05) is 50.1 Å². The zero-order valence-corrected chi connectivity index (χ0v) is 16.9. The average Bonchev–Trinajstić information content (AvgIpc) is 3.54. The van der Waals surface area contributed by atoms with Crippen molar-refractivity contribution in [2.24, 2.45) is 0 Å². The largest absolute Gasteiger partial charge is 0.459 e. The van der Waals surface area contributed by atoms with E-state index in [-0.39, 0.29) is 29.8 Å². The number of nitriles is 1. The first kappa shape index (κ1) is 19.7. The van der Waals surface area contributed by atoms with Crippen molar-refractivity contribution in [1.82, 2.24) is 15.2 Å². The number of nitrogens with zero attached hydrogens (tertiary/aromatic N) is 4. The number of furan rings is 1. The van der Waals surface area contributed by atoms with Gasteiger partial charge < -0.3 is 24.0 Å². The van der Waals surface area contributed by atoms with Crippen molar-refractivity contribution < 1.29 is 18.4 Å². The van der Waals surface area contributed by atoms with E-state index >= 15 is 0 Å². The quantitative estimate of drug-likeness (QED) is 0.644. The van der Waals surface area contributed by atoms with Crippen LogP contribution in [0.25, 0.3) is 11.7 Å². The van der Waals surface area contributed by atoms with Gasteiger partial charge in [0.15, 0.2) is 5.76 Å². The molecular weight excluding hydrogens is 406 g/mol. The monoisotopic (exact) mass is 425 g/mol. The number of carbonyl (C=O) groups excluding carboxylic acids is 2. The van der Waals surface area contributed by atoms with Crippen LogP contribution < -0.4 is 10.2 Å². The molecule has 3 aromatic rings. The van der Waals surface area contributed by atoms with Crippen molar-refractivity contribution in [3.05, 3.63) is 46.5 Å². The molecule has 4 heterocycles. The zero-order chi connectivity index (χ0) is 20.9. The second kappa shape index (κ2) is 8.84. The van der Waals surface area contributed by atoms with Crippen LogP contribution in [-0.2, 0) is 4.79 Å². The normalized spacial score (nSPS) is 13.8. The van der Waals surface area contributed by atoms with E-state index in [1.807, 2.05) is 10.3 Å². The van der Waals surface area contributed by atoms with Gasteiger partial charge in [-0.1, -0.05) is 0 Å². The summed E-state index contributed by atoms with van der Waals surface area (Å²) in [7, 11) is 0. The van der Waals surface area contributed by atoms with E-state index in [0.29, 0.717) is 49.9 Å². The maximum absolute atomic E-state index is 12.4. The summed E-state index contributed by atoms with van der Waals surface area (Å²) in [5, 5.41) is 15.8. The van der Waals surface area contributed by atoms with E-state index in [1.165, 1.54) is 17.6 Å². The molecule has 9 nitrogen and oxygen atoms in total. The Morgan fingerprint density at radius 1 is 1.27 bits per heavy atom. The minimum absolute atomic E-state index is 0.0189. The Morgan fingerprint density at radius 3 is 2.77 bits per heavy atom. The number of oxazole rings is 1. The Kier molecular flexibility index (Phi) is 5.81. The number of piperazine rings is 1. The summed E-state index contributed by atoms with van der Waals surface area (Å²) in [5.41, 5.74) is 0.799. The number of hydrogen-bond acceptors (Lipinski definition) is 8. The van der Waals surface area contributed by atoms with Crippen molar-refractivity contribution in [1.29, 1.82) is 5.26 Å². The molecule has 0 unspecified atom stereocenters. The highest BCUT2D eigenvalue weighted by atomic mass is 32.1. The third-order valence-electron chi connectivity index (χ3n) is 4.77. The maximum Gasteiger partial charge on any atom is 0.266 e. The van der Waals surface area contributed by atoms with Gasteiger partial charge in [-0.25, -0.2) is 0 Å². The van der Waals surface area contributed by atoms with Crippen LogP contribution in [0, 0.1) is 11.3 Å². The fourth-order valence-corrected chi connectivity index (χ4v) is 3.84. The van der Waals surface area contributed by atoms with Gasteiger partial charge in [-0.05, 0) is 23.6 Å². The number of rotatable bonds is 6. The number of amides is 2. The first-order valence-corrected chi connectivity index (χ1v) is 10.4. The summed E-state index contributed by atoms with van der Waals surface area (Å²) in [6, 6.07) is 7.23. The van der Waals surface area contributed by atoms with E-state index in [9.17, 15) is 14.9 Å². The number of nitrogens with one attached hydrogen (secondary N) is 1. The molecule has 1 aliphatic rings. The molecule has 0 saturated carbocycles. The highest BCUT2D eigenvalue weighted by Gasteiger charge is 2.27. The van der Waals surface area contributed by atoms with Crippen LogP contribution in [-0.4, -0.2) is 54.4 Å². The van der Waals surface area contributed by atoms with Crippen molar-refractivity contribution in [2.45, 2.75) is 6.42 Å². The van der Waals surface area contributed by atoms with E-state index in [2.05, 4.69) is 16.4 Å². The molecule has 0 spiro atoms. The molecule has 0 aliphatic carbocycles. The van der Waals surface area contributed by atoms with E-state index in [4.69, 9.17) is 8.83 Å². The van der Waals surface area contributed by atoms with Crippen molar-refractivity contribution in [3.8, 4) is 17.7 Å². The lowest BCUT2D eigenvalue weighted by atomic mass is 10.2. The molecule has 2 amide bonds. The smallest absolute Gasteiger partial charge is 0.266 e.